The van der Waals surface area contributed by atoms with Crippen LogP contribution in [0, 0.1) is 0 Å². The van der Waals surface area contributed by atoms with Gasteiger partial charge in [0.2, 0.25) is 0 Å². The monoisotopic (exact) mass is 384 g/mol. The number of aryl methyl sites for hydroxylation is 1. The molecule has 1 aromatic carbocycles. The normalized spacial score (nSPS) is 21.9. The number of carbonyl (C=O) groups is 2. The first-order chi connectivity index (χ1) is 12.6. The van der Waals surface area contributed by atoms with E-state index in [1.807, 2.05) is 35.6 Å². The van der Waals surface area contributed by atoms with Crippen LogP contribution in [0.5, 0.6) is 0 Å². The number of alkyl halides is 2. The minimum atomic E-state index is -3.22. The molecule has 2 atom stereocenters. The van der Waals surface area contributed by atoms with Gasteiger partial charge in [-0.2, -0.15) is 0 Å². The first-order valence-corrected chi connectivity index (χ1v) is 9.00. The second kappa shape index (κ2) is 8.54. The molecule has 0 saturated heterocycles. The number of halogens is 2. The van der Waals surface area contributed by atoms with Gasteiger partial charge in [-0.3, -0.25) is 0 Å². The maximum Gasteiger partial charge on any atom is 0.407 e. The van der Waals surface area contributed by atoms with Gasteiger partial charge in [-0.05, 0) is 45.1 Å². The smallest absolute Gasteiger partial charge is 0.407 e. The molecule has 2 amide bonds. The van der Waals surface area contributed by atoms with Crippen molar-refractivity contribution in [1.82, 2.24) is 10.6 Å². The average molecular weight is 384 g/mol. The summed E-state index contributed by atoms with van der Waals surface area (Å²) in [5.74, 6) is -3.22. The minimum Gasteiger partial charge on any atom is -0.465 e. The maximum absolute atomic E-state index is 14.1. The third kappa shape index (κ3) is 6.37. The lowest BCUT2D eigenvalue weighted by Gasteiger charge is -2.38. The van der Waals surface area contributed by atoms with Crippen molar-refractivity contribution in [2.24, 2.45) is 0 Å². The van der Waals surface area contributed by atoms with Crippen molar-refractivity contribution in [3.63, 3.8) is 0 Å². The number of hydrogen-bond donors (Lipinski definition) is 3. The van der Waals surface area contributed by atoms with Crippen LogP contribution in [0.3, 0.4) is 0 Å². The molecule has 0 aromatic heterocycles. The van der Waals surface area contributed by atoms with Gasteiger partial charge in [-0.25, -0.2) is 18.4 Å². The van der Waals surface area contributed by atoms with Crippen LogP contribution in [0.15, 0.2) is 30.3 Å². The van der Waals surface area contributed by atoms with E-state index in [4.69, 9.17) is 9.84 Å². The topological polar surface area (TPSA) is 87.7 Å². The first kappa shape index (κ1) is 20.9. The van der Waals surface area contributed by atoms with Gasteiger partial charge in [-0.15, -0.1) is 0 Å². The highest BCUT2D eigenvalue weighted by molar-refractivity contribution is 5.69. The quantitative estimate of drug-likeness (QED) is 0.693. The van der Waals surface area contributed by atoms with Gasteiger partial charge in [0.1, 0.15) is 11.6 Å². The number of hydrogen-bond acceptors (Lipinski definition) is 3. The predicted molar refractivity (Wildman–Crippen MR) is 96.0 cm³/mol. The molecule has 0 bridgehead atoms. The number of nitrogens with one attached hydrogen (secondary N) is 2. The van der Waals surface area contributed by atoms with Crippen molar-refractivity contribution >= 4 is 12.2 Å². The molecule has 1 aliphatic carbocycles. The van der Waals surface area contributed by atoms with Crippen molar-refractivity contribution in [2.75, 3.05) is 0 Å². The summed E-state index contributed by atoms with van der Waals surface area (Å²) in [6.45, 7) is 3.50. The molecule has 27 heavy (non-hydrogen) atoms. The Balaban J connectivity index is 1.93. The molecule has 1 aromatic rings. The molecule has 1 aliphatic rings. The van der Waals surface area contributed by atoms with Crippen molar-refractivity contribution in [1.29, 1.82) is 0 Å². The van der Waals surface area contributed by atoms with E-state index in [2.05, 4.69) is 5.32 Å². The van der Waals surface area contributed by atoms with E-state index in [1.165, 1.54) is 0 Å². The second-order valence-electron chi connectivity index (χ2n) is 7.47. The zero-order valence-corrected chi connectivity index (χ0v) is 15.5. The predicted octanol–water partition coefficient (Wildman–Crippen LogP) is 3.95. The number of benzene rings is 1. The molecule has 3 N–H and O–H groups in total. The van der Waals surface area contributed by atoms with Crippen LogP contribution in [0.2, 0.25) is 0 Å². The summed E-state index contributed by atoms with van der Waals surface area (Å²) in [5, 5.41) is 13.1. The molecular weight excluding hydrogens is 358 g/mol. The van der Waals surface area contributed by atoms with Gasteiger partial charge in [0.05, 0.1) is 6.04 Å². The maximum atomic E-state index is 14.1. The third-order valence-corrected chi connectivity index (χ3v) is 4.69. The Hall–Kier alpha value is -2.38. The van der Waals surface area contributed by atoms with Gasteiger partial charge in [-0.1, -0.05) is 30.3 Å². The van der Waals surface area contributed by atoms with Gasteiger partial charge >= 0.3 is 12.2 Å². The summed E-state index contributed by atoms with van der Waals surface area (Å²) in [6.07, 6.45) is -1.10. The summed E-state index contributed by atoms with van der Waals surface area (Å²) in [4.78, 5) is 23.1. The van der Waals surface area contributed by atoms with E-state index in [9.17, 15) is 18.4 Å². The number of alkyl carbamates (subject to hydrolysis) is 1. The minimum absolute atomic E-state index is 0.188. The number of amides is 2. The molecule has 8 heteroatoms. The van der Waals surface area contributed by atoms with Crippen LogP contribution in [-0.2, 0) is 11.2 Å². The molecule has 0 unspecified atom stereocenters. The molecule has 2 rings (SSSR count). The number of ether oxygens (including phenoxy) is 1. The zero-order valence-electron chi connectivity index (χ0n) is 15.5. The molecule has 1 saturated carbocycles. The van der Waals surface area contributed by atoms with E-state index >= 15 is 0 Å². The van der Waals surface area contributed by atoms with E-state index in [0.29, 0.717) is 12.8 Å². The number of carboxylic acid groups (broad SMARTS) is 1. The highest BCUT2D eigenvalue weighted by Crippen LogP contribution is 2.34. The van der Waals surface area contributed by atoms with Crippen LogP contribution in [0.25, 0.3) is 0 Å². The van der Waals surface area contributed by atoms with Crippen molar-refractivity contribution in [2.45, 2.75) is 69.6 Å². The summed E-state index contributed by atoms with van der Waals surface area (Å²) in [5.41, 5.74) is 0.305. The molecule has 0 spiro atoms. The average Bonchev–Trinajstić information content (AvgIpc) is 2.56. The molecule has 1 fully saturated rings. The van der Waals surface area contributed by atoms with Crippen LogP contribution in [0.1, 0.15) is 45.1 Å². The van der Waals surface area contributed by atoms with Crippen LogP contribution < -0.4 is 10.6 Å². The molecular formula is C19H26F2N2O4. The van der Waals surface area contributed by atoms with Crippen LogP contribution in [0.4, 0.5) is 18.4 Å². The SMILES string of the molecule is CC(C)(CCc1ccccc1)OC(=O)N[C@@H]1CCCC(F)(F)[C@H]1NC(=O)O. The number of carbonyl (C=O) groups excluding carboxylic acids is 1. The molecule has 6 nitrogen and oxygen atoms in total. The van der Waals surface area contributed by atoms with Gasteiger partial charge in [0.15, 0.2) is 0 Å². The largest absolute Gasteiger partial charge is 0.465 e. The van der Waals surface area contributed by atoms with Gasteiger partial charge in [0.25, 0.3) is 5.92 Å². The lowest BCUT2D eigenvalue weighted by Crippen LogP contribution is -2.62. The summed E-state index contributed by atoms with van der Waals surface area (Å²) in [7, 11) is 0. The Morgan fingerprint density at radius 3 is 2.56 bits per heavy atom. The second-order valence-corrected chi connectivity index (χ2v) is 7.47. The molecule has 0 aliphatic heterocycles. The third-order valence-electron chi connectivity index (χ3n) is 4.69. The highest BCUT2D eigenvalue weighted by atomic mass is 19.3. The molecule has 0 radical (unpaired) electrons. The van der Waals surface area contributed by atoms with Crippen molar-refractivity contribution in [3.8, 4) is 0 Å². The summed E-state index contributed by atoms with van der Waals surface area (Å²) in [6, 6.07) is 7.01. The summed E-state index contributed by atoms with van der Waals surface area (Å²) >= 11 is 0. The lowest BCUT2D eigenvalue weighted by atomic mass is 9.87. The highest BCUT2D eigenvalue weighted by Gasteiger charge is 2.48. The Bertz CT molecular complexity index is 652. The number of rotatable bonds is 6. The van der Waals surface area contributed by atoms with Gasteiger partial charge < -0.3 is 20.5 Å². The Kier molecular flexibility index (Phi) is 6.62. The van der Waals surface area contributed by atoms with Crippen LogP contribution in [-0.4, -0.2) is 40.9 Å². The Morgan fingerprint density at radius 2 is 1.93 bits per heavy atom. The van der Waals surface area contributed by atoms with E-state index in [-0.39, 0.29) is 12.8 Å². The fraction of sp³-hybridized carbons (Fsp3) is 0.579. The van der Waals surface area contributed by atoms with E-state index < -0.39 is 42.2 Å². The van der Waals surface area contributed by atoms with E-state index in [0.717, 1.165) is 5.56 Å². The van der Waals surface area contributed by atoms with Crippen molar-refractivity contribution in [3.05, 3.63) is 35.9 Å². The summed E-state index contributed by atoms with van der Waals surface area (Å²) < 4.78 is 33.5. The van der Waals surface area contributed by atoms with Gasteiger partial charge in [0, 0.05) is 6.42 Å². The Labute approximate surface area is 157 Å². The first-order valence-electron chi connectivity index (χ1n) is 9.00. The van der Waals surface area contributed by atoms with E-state index in [1.54, 1.807) is 13.8 Å². The zero-order chi connectivity index (χ0) is 20.1. The molecule has 0 heterocycles. The standard InChI is InChI=1S/C19H26F2N2O4/c1-18(2,12-10-13-7-4-3-5-8-13)27-17(26)22-14-9-6-11-19(20,21)15(14)23-16(24)25/h3-5,7-8,14-15,23H,6,9-12H2,1-2H3,(H,22,26)(H,24,25)/t14-,15+/m1/s1. The van der Waals surface area contributed by atoms with Crippen LogP contribution >= 0.6 is 0 Å². The Morgan fingerprint density at radius 1 is 1.26 bits per heavy atom. The lowest BCUT2D eigenvalue weighted by molar-refractivity contribution is -0.0733. The van der Waals surface area contributed by atoms with Crippen molar-refractivity contribution < 1.29 is 28.2 Å². The fourth-order valence-electron chi connectivity index (χ4n) is 3.24. The fourth-order valence-corrected chi connectivity index (χ4v) is 3.24. The molecule has 150 valence electrons.